The molecule has 3 rings (SSSR count). The van der Waals surface area contributed by atoms with Gasteiger partial charge in [0.2, 0.25) is 0 Å². The van der Waals surface area contributed by atoms with E-state index < -0.39 is 5.91 Å². The van der Waals surface area contributed by atoms with Crippen LogP contribution in [0.5, 0.6) is 5.75 Å². The second-order valence-corrected chi connectivity index (χ2v) is 8.06. The van der Waals surface area contributed by atoms with E-state index in [0.717, 1.165) is 10.0 Å². The summed E-state index contributed by atoms with van der Waals surface area (Å²) >= 11 is 12.0. The molecule has 0 saturated heterocycles. The fraction of sp³-hybridized carbons (Fsp3) is 0.100. The summed E-state index contributed by atoms with van der Waals surface area (Å²) in [4.78, 5) is 12.6. The molecule has 150 valence electrons. The van der Waals surface area contributed by atoms with Crippen molar-refractivity contribution in [1.29, 1.82) is 0 Å². The number of amides is 1. The van der Waals surface area contributed by atoms with Gasteiger partial charge in [0.25, 0.3) is 5.91 Å². The monoisotopic (exact) mass is 538 g/mol. The van der Waals surface area contributed by atoms with Gasteiger partial charge in [-0.1, -0.05) is 15.9 Å². The first-order valence-electron chi connectivity index (χ1n) is 8.36. The van der Waals surface area contributed by atoms with Crippen molar-refractivity contribution in [2.24, 2.45) is 0 Å². The van der Waals surface area contributed by atoms with E-state index in [1.165, 1.54) is 7.11 Å². The number of anilines is 1. The molecular weight excluding hydrogens is 524 g/mol. The number of carbonyl (C=O) groups is 1. The lowest BCUT2D eigenvalue weighted by atomic mass is 10.1. The minimum Gasteiger partial charge on any atom is -0.495 e. The van der Waals surface area contributed by atoms with E-state index >= 15 is 0 Å². The summed E-state index contributed by atoms with van der Waals surface area (Å²) in [5, 5.41) is 14.9. The Balaban J connectivity index is 1.67. The van der Waals surface area contributed by atoms with Crippen molar-refractivity contribution in [1.82, 2.24) is 5.32 Å². The molecule has 0 spiro atoms. The molecular formula is C20H16Br2N2O4S. The maximum Gasteiger partial charge on any atom is 0.261 e. The number of hydrogen-bond acceptors (Lipinski definition) is 5. The lowest BCUT2D eigenvalue weighted by Crippen LogP contribution is -2.34. The van der Waals surface area contributed by atoms with E-state index in [-0.39, 0.29) is 11.7 Å². The smallest absolute Gasteiger partial charge is 0.261 e. The standard InChI is InChI=1S/C20H16Br2N2O4S/c1-27-18-15(8-12(21)9-16(18)22)19(26)24-20(29)23-13-4-2-11(3-5-13)17-7-6-14(10-25)28-17/h2-9,25H,10H2,1H3,(H2,23,24,26,29). The third kappa shape index (κ3) is 5.24. The minimum atomic E-state index is -0.398. The number of aliphatic hydroxyl groups is 1. The number of thiocarbonyl (C=S) groups is 1. The maximum atomic E-state index is 12.6. The summed E-state index contributed by atoms with van der Waals surface area (Å²) in [7, 11) is 1.49. The van der Waals surface area contributed by atoms with Crippen molar-refractivity contribution in [2.45, 2.75) is 6.61 Å². The molecule has 0 bridgehead atoms. The Hall–Kier alpha value is -2.20. The third-order valence-electron chi connectivity index (χ3n) is 3.93. The van der Waals surface area contributed by atoms with Gasteiger partial charge in [0, 0.05) is 15.7 Å². The third-order valence-corrected chi connectivity index (χ3v) is 5.18. The van der Waals surface area contributed by atoms with Gasteiger partial charge in [-0.25, -0.2) is 0 Å². The zero-order valence-electron chi connectivity index (χ0n) is 15.2. The molecule has 2 aromatic carbocycles. The molecule has 0 radical (unpaired) electrons. The van der Waals surface area contributed by atoms with Gasteiger partial charge in [0.05, 0.1) is 17.1 Å². The summed E-state index contributed by atoms with van der Waals surface area (Å²) in [6.45, 7) is -0.146. The molecule has 1 heterocycles. The molecule has 3 aromatic rings. The Morgan fingerprint density at radius 1 is 1.17 bits per heavy atom. The highest BCUT2D eigenvalue weighted by molar-refractivity contribution is 9.11. The van der Waals surface area contributed by atoms with Gasteiger partial charge in [0.15, 0.2) is 5.11 Å². The summed E-state index contributed by atoms with van der Waals surface area (Å²) in [5.74, 6) is 1.17. The van der Waals surface area contributed by atoms with Crippen molar-refractivity contribution < 1.29 is 19.1 Å². The average molecular weight is 540 g/mol. The van der Waals surface area contributed by atoms with Crippen LogP contribution in [-0.2, 0) is 6.61 Å². The lowest BCUT2D eigenvalue weighted by molar-refractivity contribution is 0.0974. The molecule has 0 aliphatic heterocycles. The van der Waals surface area contributed by atoms with Crippen molar-refractivity contribution in [3.63, 3.8) is 0 Å². The summed E-state index contributed by atoms with van der Waals surface area (Å²) in [6.07, 6.45) is 0. The Morgan fingerprint density at radius 2 is 1.90 bits per heavy atom. The zero-order chi connectivity index (χ0) is 21.0. The van der Waals surface area contributed by atoms with Gasteiger partial charge in [-0.2, -0.15) is 0 Å². The summed E-state index contributed by atoms with van der Waals surface area (Å²) < 4.78 is 12.2. The van der Waals surface area contributed by atoms with Crippen LogP contribution in [0.1, 0.15) is 16.1 Å². The van der Waals surface area contributed by atoms with Gasteiger partial charge in [-0.3, -0.25) is 10.1 Å². The van der Waals surface area contributed by atoms with Gasteiger partial charge in [-0.15, -0.1) is 0 Å². The Labute approximate surface area is 189 Å². The Kier molecular flexibility index (Phi) is 7.07. The molecule has 1 amide bonds. The van der Waals surface area contributed by atoms with Gasteiger partial charge >= 0.3 is 0 Å². The number of furan rings is 1. The van der Waals surface area contributed by atoms with Crippen molar-refractivity contribution in [2.75, 3.05) is 12.4 Å². The van der Waals surface area contributed by atoms with Gasteiger partial charge in [0.1, 0.15) is 23.9 Å². The minimum absolute atomic E-state index is 0.146. The van der Waals surface area contributed by atoms with E-state index in [1.807, 2.05) is 24.3 Å². The topological polar surface area (TPSA) is 83.7 Å². The van der Waals surface area contributed by atoms with Crippen LogP contribution in [0.15, 0.2) is 61.9 Å². The predicted octanol–water partition coefficient (Wildman–Crippen LogP) is 5.10. The average Bonchev–Trinajstić information content (AvgIpc) is 3.17. The number of nitrogens with one attached hydrogen (secondary N) is 2. The lowest BCUT2D eigenvalue weighted by Gasteiger charge is -2.13. The molecule has 29 heavy (non-hydrogen) atoms. The zero-order valence-corrected chi connectivity index (χ0v) is 19.2. The highest BCUT2D eigenvalue weighted by Crippen LogP contribution is 2.32. The molecule has 9 heteroatoms. The predicted molar refractivity (Wildman–Crippen MR) is 122 cm³/mol. The van der Waals surface area contributed by atoms with E-state index in [2.05, 4.69) is 42.5 Å². The fourth-order valence-electron chi connectivity index (χ4n) is 2.61. The number of halogens is 2. The van der Waals surface area contributed by atoms with Crippen LogP contribution in [0, 0.1) is 0 Å². The number of methoxy groups -OCH3 is 1. The normalized spacial score (nSPS) is 10.5. The number of carbonyl (C=O) groups excluding carboxylic acids is 1. The molecule has 3 N–H and O–H groups in total. The first kappa shape index (κ1) is 21.5. The molecule has 0 aliphatic rings. The summed E-state index contributed by atoms with van der Waals surface area (Å²) in [6, 6.07) is 14.3. The number of hydrogen-bond donors (Lipinski definition) is 3. The molecule has 0 aliphatic carbocycles. The first-order valence-corrected chi connectivity index (χ1v) is 10.4. The number of benzene rings is 2. The van der Waals surface area contributed by atoms with Crippen molar-refractivity contribution in [3.8, 4) is 17.1 Å². The second-order valence-electron chi connectivity index (χ2n) is 5.88. The van der Waals surface area contributed by atoms with E-state index in [9.17, 15) is 4.79 Å². The fourth-order valence-corrected chi connectivity index (χ4v) is 4.20. The molecule has 6 nitrogen and oxygen atoms in total. The highest BCUT2D eigenvalue weighted by Gasteiger charge is 2.17. The van der Waals surface area contributed by atoms with Crippen LogP contribution in [0.2, 0.25) is 0 Å². The SMILES string of the molecule is COc1c(Br)cc(Br)cc1C(=O)NC(=S)Nc1ccc(-c2ccc(CO)o2)cc1. The van der Waals surface area contributed by atoms with E-state index in [0.29, 0.717) is 33.0 Å². The Morgan fingerprint density at radius 3 is 2.52 bits per heavy atom. The van der Waals surface area contributed by atoms with Crippen LogP contribution in [0.4, 0.5) is 5.69 Å². The van der Waals surface area contributed by atoms with Crippen molar-refractivity contribution in [3.05, 3.63) is 68.8 Å². The number of aliphatic hydroxyl groups excluding tert-OH is 1. The largest absolute Gasteiger partial charge is 0.495 e. The van der Waals surface area contributed by atoms with Crippen LogP contribution in [0.3, 0.4) is 0 Å². The molecule has 0 saturated carbocycles. The second kappa shape index (κ2) is 9.53. The van der Waals surface area contributed by atoms with E-state index in [1.54, 1.807) is 24.3 Å². The number of rotatable bonds is 5. The molecule has 0 atom stereocenters. The van der Waals surface area contributed by atoms with Gasteiger partial charge < -0.3 is 19.6 Å². The summed E-state index contributed by atoms with van der Waals surface area (Å²) in [5.41, 5.74) is 1.90. The maximum absolute atomic E-state index is 12.6. The van der Waals surface area contributed by atoms with E-state index in [4.69, 9.17) is 26.5 Å². The quantitative estimate of drug-likeness (QED) is 0.391. The molecule has 0 unspecified atom stereocenters. The van der Waals surface area contributed by atoms with Crippen LogP contribution in [-0.4, -0.2) is 23.2 Å². The van der Waals surface area contributed by atoms with Crippen LogP contribution in [0.25, 0.3) is 11.3 Å². The van der Waals surface area contributed by atoms with Crippen LogP contribution < -0.4 is 15.4 Å². The number of ether oxygens (including phenoxy) is 1. The van der Waals surface area contributed by atoms with Crippen molar-refractivity contribution >= 4 is 60.8 Å². The highest BCUT2D eigenvalue weighted by atomic mass is 79.9. The molecule has 0 fully saturated rings. The van der Waals surface area contributed by atoms with Gasteiger partial charge in [-0.05, 0) is 76.7 Å². The first-order chi connectivity index (χ1) is 13.9. The Bertz CT molecular complexity index is 1050. The molecule has 1 aromatic heterocycles. The van der Waals surface area contributed by atoms with Crippen LogP contribution >= 0.6 is 44.1 Å².